The normalized spacial score (nSPS) is 11.4. The van der Waals surface area contributed by atoms with Gasteiger partial charge in [0.25, 0.3) is 11.8 Å². The molecule has 0 aliphatic heterocycles. The molecule has 1 aromatic carbocycles. The van der Waals surface area contributed by atoms with Crippen LogP contribution in [0.3, 0.4) is 0 Å². The van der Waals surface area contributed by atoms with Gasteiger partial charge < -0.3 is 14.8 Å². The van der Waals surface area contributed by atoms with Gasteiger partial charge in [-0.15, -0.1) is 0 Å². The number of esters is 1. The molecule has 1 rings (SSSR count). The summed E-state index contributed by atoms with van der Waals surface area (Å²) in [4.78, 5) is 46.9. The van der Waals surface area contributed by atoms with Crippen molar-refractivity contribution in [3.05, 3.63) is 35.9 Å². The maximum Gasteiger partial charge on any atom is 0.413 e. The standard InChI is InChI=1S/C17H22N2O6/c1-4-24-17(23)18-13(20)10-25-16(22)14(11(2)3)19-15(21)12-8-6-5-7-9-12/h5-9,11,14H,4,10H2,1-3H3,(H,19,21)(H,18,20,23)/t14-/m1/s1. The van der Waals surface area contributed by atoms with Crippen LogP contribution < -0.4 is 10.6 Å². The van der Waals surface area contributed by atoms with Crippen LogP contribution in [0.1, 0.15) is 31.1 Å². The van der Waals surface area contributed by atoms with Gasteiger partial charge in [0.2, 0.25) is 0 Å². The van der Waals surface area contributed by atoms with Crippen molar-refractivity contribution in [2.24, 2.45) is 5.92 Å². The molecule has 2 N–H and O–H groups in total. The monoisotopic (exact) mass is 350 g/mol. The van der Waals surface area contributed by atoms with E-state index in [4.69, 9.17) is 4.74 Å². The Morgan fingerprint density at radius 2 is 1.68 bits per heavy atom. The minimum Gasteiger partial charge on any atom is -0.454 e. The predicted molar refractivity (Wildman–Crippen MR) is 88.7 cm³/mol. The lowest BCUT2D eigenvalue weighted by atomic mass is 10.0. The highest BCUT2D eigenvalue weighted by Crippen LogP contribution is 2.07. The van der Waals surface area contributed by atoms with Gasteiger partial charge in [-0.1, -0.05) is 32.0 Å². The SMILES string of the molecule is CCOC(=O)NC(=O)COC(=O)[C@H](NC(=O)c1ccccc1)C(C)C. The molecule has 136 valence electrons. The van der Waals surface area contributed by atoms with Gasteiger partial charge in [-0.05, 0) is 25.0 Å². The van der Waals surface area contributed by atoms with E-state index in [1.807, 2.05) is 5.32 Å². The molecule has 1 atom stereocenters. The quantitative estimate of drug-likeness (QED) is 0.716. The lowest BCUT2D eigenvalue weighted by Gasteiger charge is -2.20. The fourth-order valence-corrected chi connectivity index (χ4v) is 1.86. The van der Waals surface area contributed by atoms with Crippen molar-refractivity contribution in [1.29, 1.82) is 0 Å². The van der Waals surface area contributed by atoms with Crippen molar-refractivity contribution >= 4 is 23.9 Å². The van der Waals surface area contributed by atoms with Gasteiger partial charge in [0.05, 0.1) is 6.61 Å². The fourth-order valence-electron chi connectivity index (χ4n) is 1.86. The molecule has 8 nitrogen and oxygen atoms in total. The van der Waals surface area contributed by atoms with E-state index in [-0.39, 0.29) is 12.5 Å². The van der Waals surface area contributed by atoms with Gasteiger partial charge in [0, 0.05) is 5.56 Å². The zero-order valence-corrected chi connectivity index (χ0v) is 14.4. The molecule has 3 amide bonds. The Bertz CT molecular complexity index is 615. The third-order valence-corrected chi connectivity index (χ3v) is 3.11. The largest absolute Gasteiger partial charge is 0.454 e. The lowest BCUT2D eigenvalue weighted by molar-refractivity contribution is -0.151. The molecule has 0 fully saturated rings. The smallest absolute Gasteiger partial charge is 0.413 e. The molecule has 0 unspecified atom stereocenters. The van der Waals surface area contributed by atoms with Gasteiger partial charge >= 0.3 is 12.1 Å². The second kappa shape index (κ2) is 10.1. The Hall–Kier alpha value is -2.90. The highest BCUT2D eigenvalue weighted by atomic mass is 16.6. The second-order valence-electron chi connectivity index (χ2n) is 5.44. The molecule has 0 radical (unpaired) electrons. The van der Waals surface area contributed by atoms with Gasteiger partial charge in [0.1, 0.15) is 6.04 Å². The molecule has 0 spiro atoms. The Labute approximate surface area is 145 Å². The number of ether oxygens (including phenoxy) is 2. The molecule has 0 saturated carbocycles. The minimum atomic E-state index is -0.928. The number of carbonyl (C=O) groups is 4. The summed E-state index contributed by atoms with van der Waals surface area (Å²) >= 11 is 0. The zero-order valence-electron chi connectivity index (χ0n) is 14.4. The first-order chi connectivity index (χ1) is 11.8. The number of alkyl carbamates (subject to hydrolysis) is 1. The van der Waals surface area contributed by atoms with Gasteiger partial charge in [-0.25, -0.2) is 9.59 Å². The Kier molecular flexibility index (Phi) is 8.11. The van der Waals surface area contributed by atoms with Crippen molar-refractivity contribution in [1.82, 2.24) is 10.6 Å². The van der Waals surface area contributed by atoms with Crippen molar-refractivity contribution in [3.63, 3.8) is 0 Å². The van der Waals surface area contributed by atoms with Crippen LogP contribution in [0, 0.1) is 5.92 Å². The molecule has 0 aliphatic carbocycles. The Balaban J connectivity index is 2.58. The number of hydrogen-bond donors (Lipinski definition) is 2. The van der Waals surface area contributed by atoms with Crippen LogP contribution in [0.5, 0.6) is 0 Å². The van der Waals surface area contributed by atoms with Gasteiger partial charge in [-0.3, -0.25) is 14.9 Å². The molecule has 0 saturated heterocycles. The summed E-state index contributed by atoms with van der Waals surface area (Å²) < 4.78 is 9.41. The van der Waals surface area contributed by atoms with Crippen LogP contribution >= 0.6 is 0 Å². The zero-order chi connectivity index (χ0) is 18.8. The molecular weight excluding hydrogens is 328 g/mol. The molecule has 0 aliphatic rings. The number of carbonyl (C=O) groups excluding carboxylic acids is 4. The van der Waals surface area contributed by atoms with E-state index in [0.29, 0.717) is 5.56 Å². The highest BCUT2D eigenvalue weighted by molar-refractivity contribution is 5.97. The lowest BCUT2D eigenvalue weighted by Crippen LogP contribution is -2.46. The van der Waals surface area contributed by atoms with Crippen LogP contribution in [0.25, 0.3) is 0 Å². The second-order valence-corrected chi connectivity index (χ2v) is 5.44. The van der Waals surface area contributed by atoms with Crippen molar-refractivity contribution in [3.8, 4) is 0 Å². The Morgan fingerprint density at radius 3 is 2.24 bits per heavy atom. The number of imide groups is 1. The van der Waals surface area contributed by atoms with Crippen LogP contribution in [0.4, 0.5) is 4.79 Å². The summed E-state index contributed by atoms with van der Waals surface area (Å²) in [6, 6.07) is 7.49. The van der Waals surface area contributed by atoms with Crippen LogP contribution in [0.2, 0.25) is 0 Å². The number of nitrogens with one attached hydrogen (secondary N) is 2. The van der Waals surface area contributed by atoms with E-state index in [1.165, 1.54) is 0 Å². The summed E-state index contributed by atoms with van der Waals surface area (Å²) in [7, 11) is 0. The van der Waals surface area contributed by atoms with Crippen molar-refractivity contribution in [2.45, 2.75) is 26.8 Å². The predicted octanol–water partition coefficient (Wildman–Crippen LogP) is 1.26. The number of amides is 3. The molecule has 25 heavy (non-hydrogen) atoms. The minimum absolute atomic E-state index is 0.111. The van der Waals surface area contributed by atoms with E-state index < -0.39 is 36.5 Å². The molecule has 0 aromatic heterocycles. The number of hydrogen-bond acceptors (Lipinski definition) is 6. The summed E-state index contributed by atoms with van der Waals surface area (Å²) in [5.74, 6) is -2.26. The summed E-state index contributed by atoms with van der Waals surface area (Å²) in [6.45, 7) is 4.51. The summed E-state index contributed by atoms with van der Waals surface area (Å²) in [6.07, 6.45) is -0.915. The van der Waals surface area contributed by atoms with Gasteiger partial charge in [0.15, 0.2) is 6.61 Å². The van der Waals surface area contributed by atoms with Crippen molar-refractivity contribution in [2.75, 3.05) is 13.2 Å². The first kappa shape index (κ1) is 20.1. The number of benzene rings is 1. The topological polar surface area (TPSA) is 111 Å². The average Bonchev–Trinajstić information content (AvgIpc) is 2.58. The van der Waals surface area contributed by atoms with E-state index in [9.17, 15) is 19.2 Å². The van der Waals surface area contributed by atoms with E-state index in [0.717, 1.165) is 0 Å². The van der Waals surface area contributed by atoms with Crippen LogP contribution in [-0.2, 0) is 19.1 Å². The fraction of sp³-hybridized carbons (Fsp3) is 0.412. The van der Waals surface area contributed by atoms with E-state index in [1.54, 1.807) is 51.1 Å². The first-order valence-corrected chi connectivity index (χ1v) is 7.84. The average molecular weight is 350 g/mol. The molecular formula is C17H22N2O6. The van der Waals surface area contributed by atoms with E-state index in [2.05, 4.69) is 10.1 Å². The molecule has 0 heterocycles. The highest BCUT2D eigenvalue weighted by Gasteiger charge is 2.27. The summed E-state index contributed by atoms with van der Waals surface area (Å²) in [5.41, 5.74) is 0.404. The van der Waals surface area contributed by atoms with Crippen molar-refractivity contribution < 1.29 is 28.7 Å². The van der Waals surface area contributed by atoms with E-state index >= 15 is 0 Å². The first-order valence-electron chi connectivity index (χ1n) is 7.84. The molecule has 8 heteroatoms. The molecule has 0 bridgehead atoms. The maximum atomic E-state index is 12.2. The third kappa shape index (κ3) is 7.03. The van der Waals surface area contributed by atoms with Gasteiger partial charge in [-0.2, -0.15) is 0 Å². The maximum absolute atomic E-state index is 12.2. The third-order valence-electron chi connectivity index (χ3n) is 3.11. The molecule has 1 aromatic rings. The van der Waals surface area contributed by atoms with Crippen LogP contribution in [0.15, 0.2) is 30.3 Å². The number of rotatable bonds is 7. The van der Waals surface area contributed by atoms with Crippen LogP contribution in [-0.4, -0.2) is 43.1 Å². The summed E-state index contributed by atoms with van der Waals surface area (Å²) in [5, 5.41) is 4.49. The Morgan fingerprint density at radius 1 is 1.04 bits per heavy atom.